The average Bonchev–Trinajstić information content (AvgIpc) is 2.40. The lowest BCUT2D eigenvalue weighted by Crippen LogP contribution is -2.44. The molecule has 0 aliphatic carbocycles. The van der Waals surface area contributed by atoms with Crippen LogP contribution in [0.3, 0.4) is 0 Å². The first kappa shape index (κ1) is 18.5. The lowest BCUT2D eigenvalue weighted by molar-refractivity contribution is 0.0600. The number of ether oxygens (including phenoxy) is 1. The van der Waals surface area contributed by atoms with Gasteiger partial charge in [-0.1, -0.05) is 26.8 Å². The third kappa shape index (κ3) is 4.00. The van der Waals surface area contributed by atoms with Crippen molar-refractivity contribution in [1.82, 2.24) is 0 Å². The molecule has 0 saturated carbocycles. The van der Waals surface area contributed by atoms with Crippen molar-refractivity contribution < 1.29 is 14.0 Å². The summed E-state index contributed by atoms with van der Waals surface area (Å²) in [4.78, 5) is 11.8. The second-order valence-electron chi connectivity index (χ2n) is 7.13. The molecule has 22 heavy (non-hydrogen) atoms. The Hall–Kier alpha value is -1.55. The molecule has 0 spiro atoms. The number of carbonyl (C=O) groups is 1. The fourth-order valence-corrected chi connectivity index (χ4v) is 3.05. The van der Waals surface area contributed by atoms with Crippen LogP contribution in [0.15, 0.2) is 24.8 Å². The molecule has 0 saturated heterocycles. The van der Waals surface area contributed by atoms with Crippen LogP contribution >= 0.6 is 0 Å². The summed E-state index contributed by atoms with van der Waals surface area (Å²) in [6, 6.07) is 3.68. The van der Waals surface area contributed by atoms with E-state index in [0.29, 0.717) is 12.0 Å². The number of esters is 1. The van der Waals surface area contributed by atoms with Crippen LogP contribution < -0.4 is 4.43 Å². The van der Waals surface area contributed by atoms with Crippen molar-refractivity contribution in [3.63, 3.8) is 0 Å². The van der Waals surface area contributed by atoms with Gasteiger partial charge in [-0.3, -0.25) is 0 Å². The molecule has 0 N–H and O–H groups in total. The molecule has 0 aliphatic rings. The number of carbonyl (C=O) groups excluding carboxylic acids is 1. The fourth-order valence-electron chi connectivity index (χ4n) is 1.94. The van der Waals surface area contributed by atoms with Crippen molar-refractivity contribution in [2.45, 2.75) is 52.2 Å². The van der Waals surface area contributed by atoms with E-state index in [1.54, 1.807) is 0 Å². The minimum absolute atomic E-state index is 0.117. The van der Waals surface area contributed by atoms with E-state index in [1.807, 2.05) is 25.1 Å². The van der Waals surface area contributed by atoms with E-state index in [1.165, 1.54) is 7.11 Å². The SMILES string of the molecule is C=CCc1cc(C(=O)OC)cc(C)c1O[Si](C)(C)C(C)(C)C. The maximum Gasteiger partial charge on any atom is 0.337 e. The van der Waals surface area contributed by atoms with Gasteiger partial charge < -0.3 is 9.16 Å². The summed E-state index contributed by atoms with van der Waals surface area (Å²) in [6.07, 6.45) is 2.49. The van der Waals surface area contributed by atoms with Gasteiger partial charge in [-0.05, 0) is 54.7 Å². The molecule has 122 valence electrons. The van der Waals surface area contributed by atoms with E-state index in [2.05, 4.69) is 40.4 Å². The number of aryl methyl sites for hydroxylation is 1. The summed E-state index contributed by atoms with van der Waals surface area (Å²) in [6.45, 7) is 16.9. The lowest BCUT2D eigenvalue weighted by atomic mass is 10.0. The van der Waals surface area contributed by atoms with Crippen LogP contribution in [-0.2, 0) is 11.2 Å². The van der Waals surface area contributed by atoms with Gasteiger partial charge in [-0.2, -0.15) is 0 Å². The molecule has 4 heteroatoms. The van der Waals surface area contributed by atoms with Gasteiger partial charge in [0.25, 0.3) is 8.32 Å². The van der Waals surface area contributed by atoms with Gasteiger partial charge in [-0.25, -0.2) is 4.79 Å². The predicted octanol–water partition coefficient (Wildman–Crippen LogP) is 4.89. The van der Waals surface area contributed by atoms with E-state index in [9.17, 15) is 4.79 Å². The third-order valence-corrected chi connectivity index (χ3v) is 8.63. The van der Waals surface area contributed by atoms with Crippen LogP contribution in [0.25, 0.3) is 0 Å². The molecular weight excluding hydrogens is 292 g/mol. The molecule has 0 unspecified atom stereocenters. The molecule has 3 nitrogen and oxygen atoms in total. The zero-order valence-electron chi connectivity index (χ0n) is 14.9. The van der Waals surface area contributed by atoms with Gasteiger partial charge >= 0.3 is 5.97 Å². The van der Waals surface area contributed by atoms with Gasteiger partial charge in [-0.15, -0.1) is 6.58 Å². The van der Waals surface area contributed by atoms with Crippen LogP contribution in [-0.4, -0.2) is 21.4 Å². The molecule has 0 fully saturated rings. The standard InChI is InChI=1S/C18H28O3Si/c1-9-10-14-12-15(17(19)20-6)11-13(2)16(14)21-22(7,8)18(3,4)5/h9,11-12H,1,10H2,2-8H3. The Labute approximate surface area is 135 Å². The van der Waals surface area contributed by atoms with E-state index in [0.717, 1.165) is 16.9 Å². The van der Waals surface area contributed by atoms with Gasteiger partial charge in [0.15, 0.2) is 0 Å². The van der Waals surface area contributed by atoms with Crippen molar-refractivity contribution in [3.8, 4) is 5.75 Å². The molecule has 0 bridgehead atoms. The van der Waals surface area contributed by atoms with Crippen molar-refractivity contribution in [2.24, 2.45) is 0 Å². The van der Waals surface area contributed by atoms with Crippen LogP contribution in [0.2, 0.25) is 18.1 Å². The molecule has 0 aromatic heterocycles. The molecule has 1 aromatic rings. The van der Waals surface area contributed by atoms with Crippen molar-refractivity contribution in [2.75, 3.05) is 7.11 Å². The Bertz CT molecular complexity index is 568. The first-order chi connectivity index (χ1) is 10.0. The Balaban J connectivity index is 3.35. The number of methoxy groups -OCH3 is 1. The molecule has 0 radical (unpaired) electrons. The lowest BCUT2D eigenvalue weighted by Gasteiger charge is -2.37. The highest BCUT2D eigenvalue weighted by molar-refractivity contribution is 6.74. The average molecular weight is 321 g/mol. The molecule has 0 amide bonds. The highest BCUT2D eigenvalue weighted by Crippen LogP contribution is 2.39. The third-order valence-electron chi connectivity index (χ3n) is 4.30. The summed E-state index contributed by atoms with van der Waals surface area (Å²) in [5.41, 5.74) is 2.50. The normalized spacial score (nSPS) is 12.0. The van der Waals surface area contributed by atoms with Crippen LogP contribution in [0, 0.1) is 6.92 Å². The molecule has 0 aliphatic heterocycles. The zero-order valence-corrected chi connectivity index (χ0v) is 15.9. The van der Waals surface area contributed by atoms with Crippen molar-refractivity contribution in [3.05, 3.63) is 41.5 Å². The second kappa shape index (κ2) is 6.69. The van der Waals surface area contributed by atoms with Gasteiger partial charge in [0.05, 0.1) is 12.7 Å². The van der Waals surface area contributed by atoms with Crippen LogP contribution in [0.5, 0.6) is 5.75 Å². The maximum atomic E-state index is 11.8. The Morgan fingerprint density at radius 1 is 1.32 bits per heavy atom. The summed E-state index contributed by atoms with van der Waals surface area (Å²) in [5.74, 6) is 0.562. The van der Waals surface area contributed by atoms with E-state index in [4.69, 9.17) is 9.16 Å². The minimum atomic E-state index is -1.94. The minimum Gasteiger partial charge on any atom is -0.543 e. The number of benzene rings is 1. The molecule has 1 rings (SSSR count). The zero-order chi connectivity index (χ0) is 17.1. The maximum absolute atomic E-state index is 11.8. The van der Waals surface area contributed by atoms with E-state index >= 15 is 0 Å². The quantitative estimate of drug-likeness (QED) is 0.440. The van der Waals surface area contributed by atoms with E-state index in [-0.39, 0.29) is 11.0 Å². The number of allylic oxidation sites excluding steroid dienone is 1. The molecule has 0 heterocycles. The van der Waals surface area contributed by atoms with Crippen LogP contribution in [0.1, 0.15) is 42.3 Å². The molecular formula is C18H28O3Si. The monoisotopic (exact) mass is 320 g/mol. The predicted molar refractivity (Wildman–Crippen MR) is 94.2 cm³/mol. The Morgan fingerprint density at radius 3 is 2.36 bits per heavy atom. The van der Waals surface area contributed by atoms with Crippen molar-refractivity contribution >= 4 is 14.3 Å². The summed E-state index contributed by atoms with van der Waals surface area (Å²) in [7, 11) is -0.547. The van der Waals surface area contributed by atoms with Gasteiger partial charge in [0.1, 0.15) is 5.75 Å². The van der Waals surface area contributed by atoms with Crippen molar-refractivity contribution in [1.29, 1.82) is 0 Å². The smallest absolute Gasteiger partial charge is 0.337 e. The molecule has 1 aromatic carbocycles. The fraction of sp³-hybridized carbons (Fsp3) is 0.500. The first-order valence-electron chi connectivity index (χ1n) is 7.55. The van der Waals surface area contributed by atoms with Gasteiger partial charge in [0, 0.05) is 0 Å². The Kier molecular flexibility index (Phi) is 5.63. The van der Waals surface area contributed by atoms with E-state index < -0.39 is 8.32 Å². The molecule has 0 atom stereocenters. The second-order valence-corrected chi connectivity index (χ2v) is 11.9. The highest BCUT2D eigenvalue weighted by atomic mass is 28.4. The summed E-state index contributed by atoms with van der Waals surface area (Å²) >= 11 is 0. The van der Waals surface area contributed by atoms with Crippen LogP contribution in [0.4, 0.5) is 0 Å². The number of rotatable bonds is 5. The number of hydrogen-bond donors (Lipinski definition) is 0. The largest absolute Gasteiger partial charge is 0.543 e. The van der Waals surface area contributed by atoms with Gasteiger partial charge in [0.2, 0.25) is 0 Å². The highest BCUT2D eigenvalue weighted by Gasteiger charge is 2.39. The summed E-state index contributed by atoms with van der Waals surface area (Å²) < 4.78 is 11.3. The topological polar surface area (TPSA) is 35.5 Å². The summed E-state index contributed by atoms with van der Waals surface area (Å²) in [5, 5.41) is 0.117. The first-order valence-corrected chi connectivity index (χ1v) is 10.5. The number of hydrogen-bond acceptors (Lipinski definition) is 3. The Morgan fingerprint density at radius 2 is 1.91 bits per heavy atom.